The van der Waals surface area contributed by atoms with Crippen LogP contribution in [0.4, 0.5) is 11.5 Å². The second-order valence-corrected chi connectivity index (χ2v) is 8.15. The number of ether oxygens (including phenoxy) is 1. The standard InChI is InChI=1S/C25H25N5O5/c1-33-22-16-17(35-28-22)9-10-21(31)27-23-18-6-2-3-7-19(18)34-24(23)25(32)30-14-12-29(13-15-30)20-8-4-5-11-26-20/h2-8,11,16H,9-10,12-15H2,1H3,(H,27,31). The van der Waals surface area contributed by atoms with E-state index in [1.54, 1.807) is 23.2 Å². The molecule has 1 saturated heterocycles. The summed E-state index contributed by atoms with van der Waals surface area (Å²) < 4.78 is 16.1. The SMILES string of the molecule is COc1cc(CCC(=O)Nc2c(C(=O)N3CCN(c4ccccn4)CC3)oc3ccccc23)on1. The third kappa shape index (κ3) is 4.81. The Hall–Kier alpha value is -4.34. The van der Waals surface area contributed by atoms with E-state index in [2.05, 4.69) is 20.4 Å². The number of rotatable bonds is 7. The number of amides is 2. The Morgan fingerprint density at radius 2 is 1.89 bits per heavy atom. The van der Waals surface area contributed by atoms with Crippen LogP contribution in [-0.4, -0.2) is 60.1 Å². The summed E-state index contributed by atoms with van der Waals surface area (Å²) in [6.07, 6.45) is 2.25. The number of carbonyl (C=O) groups is 2. The second-order valence-electron chi connectivity index (χ2n) is 8.15. The van der Waals surface area contributed by atoms with Crippen LogP contribution in [-0.2, 0) is 11.2 Å². The molecule has 1 aliphatic heterocycles. The molecular weight excluding hydrogens is 450 g/mol. The Morgan fingerprint density at radius 3 is 2.63 bits per heavy atom. The van der Waals surface area contributed by atoms with Crippen LogP contribution in [0, 0.1) is 0 Å². The lowest BCUT2D eigenvalue weighted by molar-refractivity contribution is -0.116. The highest BCUT2D eigenvalue weighted by atomic mass is 16.5. The van der Waals surface area contributed by atoms with Gasteiger partial charge in [0.05, 0.1) is 7.11 Å². The molecule has 1 aromatic carbocycles. The molecule has 3 aromatic heterocycles. The number of carbonyl (C=O) groups excluding carboxylic acids is 2. The Labute approximate surface area is 201 Å². The molecule has 0 saturated carbocycles. The van der Waals surface area contributed by atoms with E-state index in [0.717, 1.165) is 5.82 Å². The summed E-state index contributed by atoms with van der Waals surface area (Å²) in [7, 11) is 1.50. The first-order chi connectivity index (χ1) is 17.1. The average molecular weight is 476 g/mol. The second kappa shape index (κ2) is 9.88. The van der Waals surface area contributed by atoms with Crippen molar-refractivity contribution in [3.8, 4) is 5.88 Å². The van der Waals surface area contributed by atoms with Crippen molar-refractivity contribution in [1.82, 2.24) is 15.0 Å². The Bertz CT molecular complexity index is 1320. The summed E-state index contributed by atoms with van der Waals surface area (Å²) in [6.45, 7) is 2.36. The van der Waals surface area contributed by atoms with Gasteiger partial charge in [-0.3, -0.25) is 9.59 Å². The maximum Gasteiger partial charge on any atom is 0.291 e. The molecule has 2 amide bonds. The number of methoxy groups -OCH3 is 1. The Morgan fingerprint density at radius 1 is 1.09 bits per heavy atom. The summed E-state index contributed by atoms with van der Waals surface area (Å²) in [5.41, 5.74) is 0.927. The van der Waals surface area contributed by atoms with E-state index in [1.165, 1.54) is 7.11 Å². The Kier molecular flexibility index (Phi) is 6.34. The van der Waals surface area contributed by atoms with E-state index in [1.807, 2.05) is 36.4 Å². The number of nitrogens with one attached hydrogen (secondary N) is 1. The van der Waals surface area contributed by atoms with Gasteiger partial charge in [0.25, 0.3) is 11.8 Å². The predicted octanol–water partition coefficient (Wildman–Crippen LogP) is 3.36. The molecule has 0 bridgehead atoms. The van der Waals surface area contributed by atoms with Crippen LogP contribution >= 0.6 is 0 Å². The first kappa shape index (κ1) is 22.5. The molecule has 1 fully saturated rings. The molecule has 0 spiro atoms. The van der Waals surface area contributed by atoms with E-state index in [-0.39, 0.29) is 24.0 Å². The van der Waals surface area contributed by atoms with Gasteiger partial charge in [0, 0.05) is 56.7 Å². The van der Waals surface area contributed by atoms with Crippen molar-refractivity contribution in [2.24, 2.45) is 0 Å². The highest BCUT2D eigenvalue weighted by molar-refractivity contribution is 6.10. The number of piperazine rings is 1. The van der Waals surface area contributed by atoms with Gasteiger partial charge in [-0.05, 0) is 29.4 Å². The fourth-order valence-corrected chi connectivity index (χ4v) is 4.09. The third-order valence-electron chi connectivity index (χ3n) is 5.94. The molecule has 1 aliphatic rings. The van der Waals surface area contributed by atoms with Gasteiger partial charge < -0.3 is 28.8 Å². The highest BCUT2D eigenvalue weighted by Gasteiger charge is 2.29. The summed E-state index contributed by atoms with van der Waals surface area (Å²) in [4.78, 5) is 34.5. The lowest BCUT2D eigenvalue weighted by Gasteiger charge is -2.35. The van der Waals surface area contributed by atoms with E-state index in [0.29, 0.717) is 60.9 Å². The van der Waals surface area contributed by atoms with Gasteiger partial charge in [0.15, 0.2) is 0 Å². The molecule has 4 heterocycles. The molecule has 0 atom stereocenters. The molecule has 5 rings (SSSR count). The zero-order chi connectivity index (χ0) is 24.2. The number of hydrogen-bond donors (Lipinski definition) is 1. The quantitative estimate of drug-likeness (QED) is 0.433. The summed E-state index contributed by atoms with van der Waals surface area (Å²) in [5, 5.41) is 7.31. The maximum atomic E-state index is 13.4. The lowest BCUT2D eigenvalue weighted by Crippen LogP contribution is -2.49. The van der Waals surface area contributed by atoms with Crippen LogP contribution in [0.1, 0.15) is 22.7 Å². The van der Waals surface area contributed by atoms with Crippen molar-refractivity contribution in [3.63, 3.8) is 0 Å². The fraction of sp³-hybridized carbons (Fsp3) is 0.280. The van der Waals surface area contributed by atoms with Crippen molar-refractivity contribution in [1.29, 1.82) is 0 Å². The molecule has 10 heteroatoms. The minimum Gasteiger partial charge on any atom is -0.479 e. The van der Waals surface area contributed by atoms with Gasteiger partial charge in [-0.1, -0.05) is 18.2 Å². The Balaban J connectivity index is 1.30. The minimum absolute atomic E-state index is 0.132. The average Bonchev–Trinajstić information content (AvgIpc) is 3.52. The number of hydrogen-bond acceptors (Lipinski definition) is 8. The number of pyridine rings is 1. The van der Waals surface area contributed by atoms with Gasteiger partial charge in [0.2, 0.25) is 11.7 Å². The van der Waals surface area contributed by atoms with Crippen LogP contribution in [0.5, 0.6) is 5.88 Å². The predicted molar refractivity (Wildman–Crippen MR) is 129 cm³/mol. The molecule has 1 N–H and O–H groups in total. The third-order valence-corrected chi connectivity index (χ3v) is 5.94. The molecule has 180 valence electrons. The van der Waals surface area contributed by atoms with Crippen LogP contribution < -0.4 is 15.0 Å². The van der Waals surface area contributed by atoms with E-state index in [9.17, 15) is 9.59 Å². The van der Waals surface area contributed by atoms with Gasteiger partial charge in [-0.25, -0.2) is 4.98 Å². The number of para-hydroxylation sites is 1. The van der Waals surface area contributed by atoms with Crippen LogP contribution in [0.3, 0.4) is 0 Å². The highest BCUT2D eigenvalue weighted by Crippen LogP contribution is 2.32. The first-order valence-electron chi connectivity index (χ1n) is 11.4. The summed E-state index contributed by atoms with van der Waals surface area (Å²) >= 11 is 0. The number of aryl methyl sites for hydroxylation is 1. The molecule has 0 radical (unpaired) electrons. The van der Waals surface area contributed by atoms with Crippen molar-refractivity contribution >= 4 is 34.3 Å². The van der Waals surface area contributed by atoms with Crippen molar-refractivity contribution < 1.29 is 23.3 Å². The number of anilines is 2. The summed E-state index contributed by atoms with van der Waals surface area (Å²) in [5.74, 6) is 1.40. The topological polar surface area (TPSA) is 114 Å². The molecule has 10 nitrogen and oxygen atoms in total. The van der Waals surface area contributed by atoms with Gasteiger partial charge in [0.1, 0.15) is 22.8 Å². The smallest absolute Gasteiger partial charge is 0.291 e. The largest absolute Gasteiger partial charge is 0.479 e. The van der Waals surface area contributed by atoms with Crippen molar-refractivity contribution in [2.75, 3.05) is 43.5 Å². The van der Waals surface area contributed by atoms with Gasteiger partial charge >= 0.3 is 0 Å². The zero-order valence-electron chi connectivity index (χ0n) is 19.3. The number of fused-ring (bicyclic) bond motifs is 1. The number of furan rings is 1. The van der Waals surface area contributed by atoms with Crippen LogP contribution in [0.2, 0.25) is 0 Å². The normalized spacial score (nSPS) is 13.7. The number of aromatic nitrogens is 2. The van der Waals surface area contributed by atoms with Gasteiger partial charge in [-0.2, -0.15) is 0 Å². The molecule has 4 aromatic rings. The van der Waals surface area contributed by atoms with Crippen LogP contribution in [0.25, 0.3) is 11.0 Å². The first-order valence-corrected chi connectivity index (χ1v) is 11.4. The van der Waals surface area contributed by atoms with Gasteiger partial charge in [-0.15, -0.1) is 0 Å². The molecule has 0 aliphatic carbocycles. The lowest BCUT2D eigenvalue weighted by atomic mass is 10.2. The monoisotopic (exact) mass is 475 g/mol. The number of benzene rings is 1. The van der Waals surface area contributed by atoms with Crippen molar-refractivity contribution in [3.05, 3.63) is 66.2 Å². The van der Waals surface area contributed by atoms with E-state index >= 15 is 0 Å². The zero-order valence-corrected chi connectivity index (χ0v) is 19.3. The van der Waals surface area contributed by atoms with E-state index < -0.39 is 0 Å². The molecular formula is C25H25N5O5. The minimum atomic E-state index is -0.263. The molecule has 0 unspecified atom stereocenters. The number of nitrogens with zero attached hydrogens (tertiary/aromatic N) is 4. The van der Waals surface area contributed by atoms with E-state index in [4.69, 9.17) is 13.7 Å². The molecule has 35 heavy (non-hydrogen) atoms. The maximum absolute atomic E-state index is 13.4. The fourth-order valence-electron chi connectivity index (χ4n) is 4.09. The van der Waals surface area contributed by atoms with Crippen LogP contribution in [0.15, 0.2) is 63.7 Å². The van der Waals surface area contributed by atoms with Crippen molar-refractivity contribution in [2.45, 2.75) is 12.8 Å². The summed E-state index contributed by atoms with van der Waals surface area (Å²) in [6, 6.07) is 14.7.